The van der Waals surface area contributed by atoms with Gasteiger partial charge in [-0.15, -0.1) is 11.3 Å². The van der Waals surface area contributed by atoms with Crippen molar-refractivity contribution >= 4 is 11.3 Å². The Morgan fingerprint density at radius 1 is 1.40 bits per heavy atom. The maximum atomic E-state index is 13.8. The highest BCUT2D eigenvalue weighted by atomic mass is 32.1. The van der Waals surface area contributed by atoms with E-state index in [4.69, 9.17) is 4.52 Å². The first-order valence-electron chi connectivity index (χ1n) is 8.15. The predicted octanol–water partition coefficient (Wildman–Crippen LogP) is 3.55. The first-order chi connectivity index (χ1) is 12.1. The van der Waals surface area contributed by atoms with Crippen LogP contribution >= 0.6 is 11.3 Å². The van der Waals surface area contributed by atoms with E-state index in [1.165, 1.54) is 10.9 Å². The van der Waals surface area contributed by atoms with E-state index in [2.05, 4.69) is 21.1 Å². The van der Waals surface area contributed by atoms with E-state index in [0.717, 1.165) is 6.54 Å². The Balaban J connectivity index is 1.58. The van der Waals surface area contributed by atoms with Crippen LogP contribution in [0.1, 0.15) is 28.8 Å². The number of hydrogen-bond acceptors (Lipinski definition) is 6. The Hall–Kier alpha value is -2.09. The molecule has 7 heteroatoms. The zero-order chi connectivity index (χ0) is 17.4. The maximum Gasteiger partial charge on any atom is 0.244 e. The van der Waals surface area contributed by atoms with Crippen molar-refractivity contribution in [1.82, 2.24) is 15.0 Å². The quantitative estimate of drug-likeness (QED) is 0.772. The lowest BCUT2D eigenvalue weighted by Crippen LogP contribution is -2.24. The van der Waals surface area contributed by atoms with Gasteiger partial charge in [0.05, 0.1) is 12.1 Å². The molecule has 130 valence electrons. The summed E-state index contributed by atoms with van der Waals surface area (Å²) in [4.78, 5) is 7.82. The number of thiophene rings is 1. The van der Waals surface area contributed by atoms with Crippen molar-refractivity contribution in [3.8, 4) is 11.4 Å². The zero-order valence-corrected chi connectivity index (χ0v) is 14.5. The molecule has 2 atom stereocenters. The number of β-amino-alcohol motifs (C(OH)–C–C–N with tert-alkyl or cyclic N) is 1. The number of rotatable bonds is 4. The van der Waals surface area contributed by atoms with Gasteiger partial charge in [0.25, 0.3) is 0 Å². The SMILES string of the molecule is Cc1ccc(-c2noc([C@@H]3C[C@@H](O)CN3Cc3cccs3)n2)cc1F. The van der Waals surface area contributed by atoms with Gasteiger partial charge in [-0.1, -0.05) is 23.4 Å². The van der Waals surface area contributed by atoms with E-state index < -0.39 is 6.10 Å². The number of benzene rings is 1. The van der Waals surface area contributed by atoms with Crippen LogP contribution in [0.2, 0.25) is 0 Å². The largest absolute Gasteiger partial charge is 0.392 e. The average Bonchev–Trinajstić information content (AvgIpc) is 3.31. The van der Waals surface area contributed by atoms with Crippen molar-refractivity contribution in [3.05, 3.63) is 57.9 Å². The molecule has 4 rings (SSSR count). The molecule has 2 aromatic heterocycles. The number of aromatic nitrogens is 2. The minimum atomic E-state index is -0.419. The van der Waals surface area contributed by atoms with Gasteiger partial charge in [-0.05, 0) is 36.4 Å². The van der Waals surface area contributed by atoms with Crippen molar-refractivity contribution in [3.63, 3.8) is 0 Å². The lowest BCUT2D eigenvalue weighted by molar-refractivity contribution is 0.170. The third kappa shape index (κ3) is 3.35. The highest BCUT2D eigenvalue weighted by Crippen LogP contribution is 2.34. The maximum absolute atomic E-state index is 13.8. The summed E-state index contributed by atoms with van der Waals surface area (Å²) in [6.07, 6.45) is 0.132. The second-order valence-electron chi connectivity index (χ2n) is 6.33. The van der Waals surface area contributed by atoms with Crippen LogP contribution in [-0.4, -0.2) is 32.8 Å². The Labute approximate surface area is 148 Å². The van der Waals surface area contributed by atoms with E-state index in [-0.39, 0.29) is 11.9 Å². The van der Waals surface area contributed by atoms with Crippen LogP contribution in [-0.2, 0) is 6.54 Å². The van der Waals surface area contributed by atoms with E-state index in [0.29, 0.717) is 35.8 Å². The van der Waals surface area contributed by atoms with Crippen molar-refractivity contribution in [1.29, 1.82) is 0 Å². The Bertz CT molecular complexity index is 865. The molecule has 5 nitrogen and oxygen atoms in total. The molecule has 0 amide bonds. The fraction of sp³-hybridized carbons (Fsp3) is 0.333. The highest BCUT2D eigenvalue weighted by molar-refractivity contribution is 7.09. The summed E-state index contributed by atoms with van der Waals surface area (Å²) in [5.74, 6) is 0.537. The summed E-state index contributed by atoms with van der Waals surface area (Å²) in [7, 11) is 0. The Morgan fingerprint density at radius 3 is 3.04 bits per heavy atom. The lowest BCUT2D eigenvalue weighted by Gasteiger charge is -2.20. The minimum Gasteiger partial charge on any atom is -0.392 e. The first kappa shape index (κ1) is 16.4. The minimum absolute atomic E-state index is 0.131. The molecule has 1 N–H and O–H groups in total. The van der Waals surface area contributed by atoms with Crippen molar-refractivity contribution in [2.75, 3.05) is 6.54 Å². The first-order valence-corrected chi connectivity index (χ1v) is 9.03. The molecule has 1 aromatic carbocycles. The second kappa shape index (κ2) is 6.67. The smallest absolute Gasteiger partial charge is 0.244 e. The number of aliphatic hydroxyl groups is 1. The molecular formula is C18H18FN3O2S. The fourth-order valence-corrected chi connectivity index (χ4v) is 3.86. The summed E-state index contributed by atoms with van der Waals surface area (Å²) in [6, 6.07) is 8.84. The van der Waals surface area contributed by atoms with Crippen LogP contribution in [0.5, 0.6) is 0 Å². The van der Waals surface area contributed by atoms with Gasteiger partial charge < -0.3 is 9.63 Å². The van der Waals surface area contributed by atoms with Crippen molar-refractivity contribution in [2.24, 2.45) is 0 Å². The molecule has 1 fully saturated rings. The molecule has 3 aromatic rings. The molecule has 25 heavy (non-hydrogen) atoms. The predicted molar refractivity (Wildman–Crippen MR) is 92.5 cm³/mol. The summed E-state index contributed by atoms with van der Waals surface area (Å²) in [5.41, 5.74) is 1.16. The molecule has 3 heterocycles. The number of hydrogen-bond donors (Lipinski definition) is 1. The van der Waals surface area contributed by atoms with Crippen LogP contribution in [0, 0.1) is 12.7 Å². The van der Waals surface area contributed by atoms with Crippen LogP contribution in [0.15, 0.2) is 40.2 Å². The van der Waals surface area contributed by atoms with Gasteiger partial charge in [0.15, 0.2) is 0 Å². The van der Waals surface area contributed by atoms with Gasteiger partial charge in [0.1, 0.15) is 5.82 Å². The van der Waals surface area contributed by atoms with E-state index in [1.807, 2.05) is 11.4 Å². The zero-order valence-electron chi connectivity index (χ0n) is 13.7. The van der Waals surface area contributed by atoms with Gasteiger partial charge >= 0.3 is 0 Å². The van der Waals surface area contributed by atoms with E-state index >= 15 is 0 Å². The number of aryl methyl sites for hydroxylation is 1. The molecule has 1 saturated heterocycles. The molecule has 0 unspecified atom stereocenters. The highest BCUT2D eigenvalue weighted by Gasteiger charge is 2.36. The van der Waals surface area contributed by atoms with Crippen LogP contribution < -0.4 is 0 Å². The van der Waals surface area contributed by atoms with Crippen molar-refractivity contribution in [2.45, 2.75) is 32.0 Å². The van der Waals surface area contributed by atoms with Gasteiger partial charge in [-0.2, -0.15) is 4.98 Å². The van der Waals surface area contributed by atoms with Crippen molar-refractivity contribution < 1.29 is 14.0 Å². The molecule has 0 radical (unpaired) electrons. The van der Waals surface area contributed by atoms with E-state index in [9.17, 15) is 9.50 Å². The Kier molecular flexibility index (Phi) is 4.37. The van der Waals surface area contributed by atoms with Gasteiger partial charge in [-0.3, -0.25) is 4.90 Å². The summed E-state index contributed by atoms with van der Waals surface area (Å²) >= 11 is 1.68. The third-order valence-corrected chi connectivity index (χ3v) is 5.34. The number of likely N-dealkylation sites (tertiary alicyclic amines) is 1. The standard InChI is InChI=1S/C18H18FN3O2S/c1-11-4-5-12(7-15(11)19)17-20-18(24-21-17)16-8-13(23)9-22(16)10-14-3-2-6-25-14/h2-7,13,16,23H,8-10H2,1H3/t13-,16+/m1/s1. The molecule has 1 aliphatic heterocycles. The topological polar surface area (TPSA) is 62.4 Å². The average molecular weight is 359 g/mol. The molecule has 0 saturated carbocycles. The fourth-order valence-electron chi connectivity index (χ4n) is 3.13. The number of aliphatic hydroxyl groups excluding tert-OH is 1. The van der Waals surface area contributed by atoms with Crippen LogP contribution in [0.4, 0.5) is 4.39 Å². The number of nitrogens with zero attached hydrogens (tertiary/aromatic N) is 3. The third-order valence-electron chi connectivity index (χ3n) is 4.48. The summed E-state index contributed by atoms with van der Waals surface area (Å²) in [5, 5.41) is 16.1. The molecule has 0 bridgehead atoms. The van der Waals surface area contributed by atoms with Crippen LogP contribution in [0.3, 0.4) is 0 Å². The molecule has 0 spiro atoms. The van der Waals surface area contributed by atoms with Crippen LogP contribution in [0.25, 0.3) is 11.4 Å². The monoisotopic (exact) mass is 359 g/mol. The van der Waals surface area contributed by atoms with Gasteiger partial charge in [0.2, 0.25) is 11.7 Å². The molecule has 1 aliphatic rings. The number of halogens is 1. The molecule has 0 aliphatic carbocycles. The van der Waals surface area contributed by atoms with E-state index in [1.54, 1.807) is 30.4 Å². The van der Waals surface area contributed by atoms with Gasteiger partial charge in [-0.25, -0.2) is 4.39 Å². The second-order valence-corrected chi connectivity index (χ2v) is 7.37. The Morgan fingerprint density at radius 2 is 2.28 bits per heavy atom. The lowest BCUT2D eigenvalue weighted by atomic mass is 10.1. The molecular weight excluding hydrogens is 341 g/mol. The normalized spacial score (nSPS) is 21.1. The van der Waals surface area contributed by atoms with Gasteiger partial charge in [0, 0.05) is 23.5 Å². The summed E-state index contributed by atoms with van der Waals surface area (Å²) < 4.78 is 19.2. The summed E-state index contributed by atoms with van der Waals surface area (Å²) in [6.45, 7) is 3.01.